The molecule has 0 fully saturated rings. The van der Waals surface area contributed by atoms with Gasteiger partial charge in [0.2, 0.25) is 0 Å². The molecule has 2 aromatic heterocycles. The monoisotopic (exact) mass is 392 g/mol. The predicted octanol–water partition coefficient (Wildman–Crippen LogP) is 2.22. The van der Waals surface area contributed by atoms with Crippen LogP contribution in [-0.4, -0.2) is 22.1 Å². The summed E-state index contributed by atoms with van der Waals surface area (Å²) in [4.78, 5) is 30.6. The number of thiazole rings is 1. The number of carbonyl (C=O) groups is 1. The molecule has 3 aromatic rings. The summed E-state index contributed by atoms with van der Waals surface area (Å²) in [6.07, 6.45) is 1.03. The second-order valence-electron chi connectivity index (χ2n) is 5.29. The minimum absolute atomic E-state index is 0.282. The lowest BCUT2D eigenvalue weighted by molar-refractivity contribution is -0.274. The summed E-state index contributed by atoms with van der Waals surface area (Å²) < 4.78 is 41.0. The fourth-order valence-electron chi connectivity index (χ4n) is 2.16. The Bertz CT molecular complexity index is 1120. The molecule has 0 bridgehead atoms. The van der Waals surface area contributed by atoms with Gasteiger partial charge in [0.05, 0.1) is 9.20 Å². The average Bonchev–Trinajstić information content (AvgIpc) is 2.95. The number of pyridine rings is 1. The highest BCUT2D eigenvalue weighted by molar-refractivity contribution is 7.07. The van der Waals surface area contributed by atoms with Gasteiger partial charge < -0.3 is 9.72 Å². The fourth-order valence-corrected chi connectivity index (χ4v) is 3.05. The van der Waals surface area contributed by atoms with E-state index in [1.54, 1.807) is 12.1 Å². The highest BCUT2D eigenvalue weighted by Gasteiger charge is 2.30. The number of alkyl halides is 3. The third-order valence-electron chi connectivity index (χ3n) is 3.32. The molecule has 0 saturated heterocycles. The van der Waals surface area contributed by atoms with Crippen LogP contribution in [0.2, 0.25) is 0 Å². The molecule has 0 atom stereocenters. The average molecular weight is 392 g/mol. The number of halogens is 3. The van der Waals surface area contributed by atoms with E-state index < -0.39 is 11.9 Å². The van der Waals surface area contributed by atoms with E-state index in [0.717, 1.165) is 23.5 Å². The SMILES string of the molecule is O=C(/C=c1/[nH]c(=O)/c(=C/c2ccc(OC(F)(F)F)cc2)s1)c1ccncc1. The van der Waals surface area contributed by atoms with Gasteiger partial charge in [0.25, 0.3) is 5.56 Å². The van der Waals surface area contributed by atoms with Gasteiger partial charge in [0, 0.05) is 24.0 Å². The molecule has 9 heteroatoms. The lowest BCUT2D eigenvalue weighted by atomic mass is 10.2. The van der Waals surface area contributed by atoms with Crippen LogP contribution in [0.4, 0.5) is 13.2 Å². The molecule has 0 saturated carbocycles. The third kappa shape index (κ3) is 5.14. The number of H-pyrrole nitrogens is 1. The maximum Gasteiger partial charge on any atom is 0.573 e. The van der Waals surface area contributed by atoms with Crippen LogP contribution in [0, 0.1) is 0 Å². The molecule has 3 rings (SSSR count). The number of nitrogens with zero attached hydrogens (tertiary/aromatic N) is 1. The normalized spacial score (nSPS) is 13.0. The van der Waals surface area contributed by atoms with Gasteiger partial charge in [-0.25, -0.2) is 0 Å². The Balaban J connectivity index is 1.87. The predicted molar refractivity (Wildman–Crippen MR) is 93.9 cm³/mol. The molecular weight excluding hydrogens is 381 g/mol. The quantitative estimate of drug-likeness (QED) is 0.692. The zero-order valence-electron chi connectivity index (χ0n) is 13.5. The largest absolute Gasteiger partial charge is 0.573 e. The molecule has 138 valence electrons. The van der Waals surface area contributed by atoms with Crippen LogP contribution in [0.5, 0.6) is 5.75 Å². The number of hydrogen-bond donors (Lipinski definition) is 1. The molecule has 0 aliphatic carbocycles. The number of Topliss-reactive ketones (excluding diaryl/α,β-unsaturated/α-hetero) is 1. The van der Waals surface area contributed by atoms with Crippen LogP contribution >= 0.6 is 11.3 Å². The minimum atomic E-state index is -4.76. The summed E-state index contributed by atoms with van der Waals surface area (Å²) in [7, 11) is 0. The number of ketones is 1. The molecule has 1 N–H and O–H groups in total. The number of aromatic nitrogens is 2. The number of hydrogen-bond acceptors (Lipinski definition) is 5. The van der Waals surface area contributed by atoms with Crippen molar-refractivity contribution in [1.29, 1.82) is 0 Å². The van der Waals surface area contributed by atoms with Crippen molar-refractivity contribution in [3.63, 3.8) is 0 Å². The molecule has 27 heavy (non-hydrogen) atoms. The van der Waals surface area contributed by atoms with Crippen molar-refractivity contribution in [1.82, 2.24) is 9.97 Å². The summed E-state index contributed by atoms with van der Waals surface area (Å²) in [5, 5.41) is 0. The van der Waals surface area contributed by atoms with Gasteiger partial charge in [-0.3, -0.25) is 14.6 Å². The number of carbonyl (C=O) groups excluding carboxylic acids is 1. The summed E-state index contributed by atoms with van der Waals surface area (Å²) in [6, 6.07) is 8.21. The zero-order chi connectivity index (χ0) is 19.4. The number of nitrogens with one attached hydrogen (secondary N) is 1. The smallest absolute Gasteiger partial charge is 0.406 e. The van der Waals surface area contributed by atoms with E-state index in [1.165, 1.54) is 36.7 Å². The van der Waals surface area contributed by atoms with Gasteiger partial charge in [-0.1, -0.05) is 12.1 Å². The molecule has 0 amide bonds. The Morgan fingerprint density at radius 1 is 1.11 bits per heavy atom. The maximum atomic E-state index is 12.2. The lowest BCUT2D eigenvalue weighted by Crippen LogP contribution is -2.20. The maximum absolute atomic E-state index is 12.2. The molecule has 0 spiro atoms. The van der Waals surface area contributed by atoms with Crippen molar-refractivity contribution in [2.45, 2.75) is 6.36 Å². The van der Waals surface area contributed by atoms with E-state index in [9.17, 15) is 22.8 Å². The Labute approximate surface area is 154 Å². The van der Waals surface area contributed by atoms with Crippen LogP contribution in [0.25, 0.3) is 12.2 Å². The van der Waals surface area contributed by atoms with Crippen LogP contribution in [0.15, 0.2) is 53.6 Å². The van der Waals surface area contributed by atoms with E-state index in [2.05, 4.69) is 14.7 Å². The molecule has 5 nitrogen and oxygen atoms in total. The lowest BCUT2D eigenvalue weighted by Gasteiger charge is -2.08. The molecular formula is C18H11F3N2O3S. The van der Waals surface area contributed by atoms with Gasteiger partial charge in [-0.15, -0.1) is 24.5 Å². The second-order valence-corrected chi connectivity index (χ2v) is 6.37. The molecule has 0 aliphatic heterocycles. The summed E-state index contributed by atoms with van der Waals surface area (Å²) in [5.41, 5.74) is 0.554. The van der Waals surface area contributed by atoms with E-state index in [1.807, 2.05) is 0 Å². The van der Waals surface area contributed by atoms with Gasteiger partial charge >= 0.3 is 6.36 Å². The third-order valence-corrected chi connectivity index (χ3v) is 4.28. The highest BCUT2D eigenvalue weighted by atomic mass is 32.1. The molecule has 0 radical (unpaired) electrons. The first-order valence-corrected chi connectivity index (χ1v) is 8.34. The van der Waals surface area contributed by atoms with E-state index >= 15 is 0 Å². The Kier molecular flexibility index (Phi) is 5.22. The topological polar surface area (TPSA) is 72.0 Å². The van der Waals surface area contributed by atoms with Crippen molar-refractivity contribution in [3.8, 4) is 5.75 Å². The molecule has 0 aliphatic rings. The van der Waals surface area contributed by atoms with Crippen molar-refractivity contribution in [2.24, 2.45) is 0 Å². The van der Waals surface area contributed by atoms with Crippen LogP contribution < -0.4 is 19.5 Å². The highest BCUT2D eigenvalue weighted by Crippen LogP contribution is 2.22. The first-order chi connectivity index (χ1) is 12.8. The number of ether oxygens (including phenoxy) is 1. The summed E-state index contributed by atoms with van der Waals surface area (Å²) >= 11 is 1.06. The van der Waals surface area contributed by atoms with Crippen LogP contribution in [0.3, 0.4) is 0 Å². The standard InChI is InChI=1S/C18H11F3N2O3S/c19-18(20,21)26-13-3-1-11(2-4-13)9-15-17(25)23-16(27-15)10-14(24)12-5-7-22-8-6-12/h1-10H,(H,23,25)/b15-9-,16-10-. The van der Waals surface area contributed by atoms with Crippen molar-refractivity contribution in [3.05, 3.63) is 79.5 Å². The van der Waals surface area contributed by atoms with Crippen LogP contribution in [-0.2, 0) is 0 Å². The van der Waals surface area contributed by atoms with Gasteiger partial charge in [0.15, 0.2) is 5.78 Å². The first kappa shape index (κ1) is 18.6. The molecule has 2 heterocycles. The fraction of sp³-hybridized carbons (Fsp3) is 0.0556. The molecule has 1 aromatic carbocycles. The van der Waals surface area contributed by atoms with Crippen molar-refractivity contribution in [2.75, 3.05) is 0 Å². The summed E-state index contributed by atoms with van der Waals surface area (Å²) in [6.45, 7) is 0. The van der Waals surface area contributed by atoms with E-state index in [4.69, 9.17) is 0 Å². The van der Waals surface area contributed by atoms with Gasteiger partial charge in [0.1, 0.15) is 5.75 Å². The number of rotatable bonds is 4. The summed E-state index contributed by atoms with van der Waals surface area (Å²) in [5.74, 6) is -0.633. The Morgan fingerprint density at radius 2 is 1.78 bits per heavy atom. The van der Waals surface area contributed by atoms with Gasteiger partial charge in [-0.2, -0.15) is 0 Å². The van der Waals surface area contributed by atoms with Gasteiger partial charge in [-0.05, 0) is 35.9 Å². The van der Waals surface area contributed by atoms with Crippen molar-refractivity contribution >= 4 is 29.3 Å². The Morgan fingerprint density at radius 3 is 2.41 bits per heavy atom. The number of aromatic amines is 1. The van der Waals surface area contributed by atoms with E-state index in [0.29, 0.717) is 20.3 Å². The Hall–Kier alpha value is -3.20. The molecule has 0 unspecified atom stereocenters. The number of benzene rings is 1. The van der Waals surface area contributed by atoms with Crippen LogP contribution in [0.1, 0.15) is 15.9 Å². The van der Waals surface area contributed by atoms with Crippen molar-refractivity contribution < 1.29 is 22.7 Å². The zero-order valence-corrected chi connectivity index (χ0v) is 14.3. The first-order valence-electron chi connectivity index (χ1n) is 7.53. The minimum Gasteiger partial charge on any atom is -0.406 e. The second kappa shape index (κ2) is 7.58. The van der Waals surface area contributed by atoms with E-state index in [-0.39, 0.29) is 11.5 Å².